The lowest BCUT2D eigenvalue weighted by atomic mass is 10.1. The van der Waals surface area contributed by atoms with Crippen LogP contribution in [0.2, 0.25) is 5.02 Å². The fourth-order valence-corrected chi connectivity index (χ4v) is 1.46. The summed E-state index contributed by atoms with van der Waals surface area (Å²) in [7, 11) is 1.47. The molecule has 0 spiro atoms. The van der Waals surface area contributed by atoms with Crippen molar-refractivity contribution in [1.82, 2.24) is 0 Å². The number of phenolic OH excluding ortho intramolecular Hbond substituents is 1. The maximum atomic E-state index is 9.32. The highest BCUT2D eigenvalue weighted by atomic mass is 35.5. The lowest BCUT2D eigenvalue weighted by molar-refractivity contribution is 0.211. The lowest BCUT2D eigenvalue weighted by Gasteiger charge is -2.00. The molecule has 2 rings (SSSR count). The summed E-state index contributed by atoms with van der Waals surface area (Å²) < 4.78 is 5.27. The summed E-state index contributed by atoms with van der Waals surface area (Å²) >= 11 is 5.76. The summed E-state index contributed by atoms with van der Waals surface area (Å²) in [5, 5.41) is 13.4. The van der Waals surface area contributed by atoms with Gasteiger partial charge in [-0.15, -0.1) is 0 Å². The fourth-order valence-electron chi connectivity index (χ4n) is 1.30. The molecule has 0 atom stereocenters. The number of ether oxygens (including phenoxy) is 1. The van der Waals surface area contributed by atoms with E-state index in [2.05, 4.69) is 9.99 Å². The van der Waals surface area contributed by atoms with Crippen LogP contribution >= 0.6 is 11.6 Å². The molecule has 0 aliphatic carbocycles. The van der Waals surface area contributed by atoms with E-state index in [0.717, 1.165) is 5.56 Å². The van der Waals surface area contributed by atoms with Crippen LogP contribution in [0.25, 0.3) is 0 Å². The summed E-state index contributed by atoms with van der Waals surface area (Å²) in [6.07, 6.45) is 0. The Morgan fingerprint density at radius 1 is 1.57 bits per heavy atom. The van der Waals surface area contributed by atoms with Gasteiger partial charge in [0, 0.05) is 11.6 Å². The van der Waals surface area contributed by atoms with E-state index < -0.39 is 0 Å². The number of oxime groups is 1. The first-order chi connectivity index (χ1) is 6.72. The molecule has 0 aromatic heterocycles. The van der Waals surface area contributed by atoms with Gasteiger partial charge in [0.25, 0.3) is 0 Å². The average Bonchev–Trinajstić information content (AvgIpc) is 2.51. The number of rotatable bonds is 1. The minimum atomic E-state index is 0.00378. The molecular weight excluding hydrogens is 206 g/mol. The Morgan fingerprint density at radius 3 is 3.07 bits per heavy atom. The van der Waals surface area contributed by atoms with Crippen LogP contribution in [0.4, 0.5) is 0 Å². The molecule has 1 heterocycles. The zero-order chi connectivity index (χ0) is 10.1. The maximum absolute atomic E-state index is 9.32. The summed E-state index contributed by atoms with van der Waals surface area (Å²) in [5.41, 5.74) is 1.43. The van der Waals surface area contributed by atoms with Crippen LogP contribution in [-0.4, -0.2) is 24.5 Å². The first-order valence-electron chi connectivity index (χ1n) is 3.98. The van der Waals surface area contributed by atoms with Gasteiger partial charge in [-0.25, -0.2) is 0 Å². The number of fused-ring (bicyclic) bond motifs is 1. The number of nitrogens with zero attached hydrogens (tertiary/aromatic N) is 1. The number of hydrogen-bond acceptors (Lipinski definition) is 4. The van der Waals surface area contributed by atoms with E-state index in [4.69, 9.17) is 16.3 Å². The molecule has 1 aliphatic rings. The van der Waals surface area contributed by atoms with Gasteiger partial charge in [0.2, 0.25) is 0 Å². The number of benzene rings is 1. The molecule has 0 amide bonds. The quantitative estimate of drug-likeness (QED) is 0.724. The molecule has 1 aliphatic heterocycles. The number of halogens is 1. The third kappa shape index (κ3) is 1.37. The molecular formula is C9H8ClNO3. The molecule has 14 heavy (non-hydrogen) atoms. The second-order valence-electron chi connectivity index (χ2n) is 2.81. The van der Waals surface area contributed by atoms with Crippen LogP contribution in [0, 0.1) is 0 Å². The van der Waals surface area contributed by atoms with Crippen molar-refractivity contribution in [2.75, 3.05) is 13.7 Å². The summed E-state index contributed by atoms with van der Waals surface area (Å²) in [4.78, 5) is 4.66. The molecule has 0 bridgehead atoms. The minimum Gasteiger partial charge on any atom is -0.506 e. The third-order valence-electron chi connectivity index (χ3n) is 1.93. The normalized spacial score (nSPS) is 16.6. The van der Waals surface area contributed by atoms with Gasteiger partial charge >= 0.3 is 0 Å². The van der Waals surface area contributed by atoms with Crippen molar-refractivity contribution in [3.63, 3.8) is 0 Å². The van der Waals surface area contributed by atoms with E-state index in [-0.39, 0.29) is 10.8 Å². The van der Waals surface area contributed by atoms with Crippen molar-refractivity contribution < 1.29 is 14.7 Å². The Kier molecular flexibility index (Phi) is 2.21. The van der Waals surface area contributed by atoms with Crippen molar-refractivity contribution in [3.05, 3.63) is 22.7 Å². The molecule has 4 nitrogen and oxygen atoms in total. The van der Waals surface area contributed by atoms with Crippen molar-refractivity contribution in [1.29, 1.82) is 0 Å². The smallest absolute Gasteiger partial charge is 0.137 e. The van der Waals surface area contributed by atoms with Crippen LogP contribution < -0.4 is 4.74 Å². The highest BCUT2D eigenvalue weighted by molar-refractivity contribution is 6.32. The number of hydrogen-bond donors (Lipinski definition) is 1. The second kappa shape index (κ2) is 3.38. The molecule has 1 N–H and O–H groups in total. The number of aromatic hydroxyl groups is 1. The molecule has 1 aromatic carbocycles. The molecule has 74 valence electrons. The highest BCUT2D eigenvalue weighted by Crippen LogP contribution is 2.35. The van der Waals surface area contributed by atoms with Gasteiger partial charge in [0.1, 0.15) is 30.9 Å². The Bertz CT molecular complexity index is 403. The Hall–Kier alpha value is -1.42. The molecule has 0 radical (unpaired) electrons. The maximum Gasteiger partial charge on any atom is 0.137 e. The molecule has 0 saturated heterocycles. The zero-order valence-electron chi connectivity index (χ0n) is 7.45. The molecule has 0 unspecified atom stereocenters. The van der Waals surface area contributed by atoms with E-state index in [9.17, 15) is 5.11 Å². The zero-order valence-corrected chi connectivity index (χ0v) is 8.21. The molecule has 0 saturated carbocycles. The van der Waals surface area contributed by atoms with E-state index in [0.29, 0.717) is 18.1 Å². The van der Waals surface area contributed by atoms with Gasteiger partial charge in [-0.2, -0.15) is 0 Å². The summed E-state index contributed by atoms with van der Waals surface area (Å²) in [6.45, 7) is 0.336. The standard InChI is InChI=1S/C9H8ClNO3/c1-13-11-7-4-14-9-3-8(12)6(10)2-5(7)9/h2-3,12H,4H2,1H3/b11-7+. The molecule has 1 aromatic rings. The Morgan fingerprint density at radius 2 is 2.36 bits per heavy atom. The summed E-state index contributed by atoms with van der Waals surface area (Å²) in [6, 6.07) is 3.08. The fraction of sp³-hybridized carbons (Fsp3) is 0.222. The predicted octanol–water partition coefficient (Wildman–Crippen LogP) is 1.79. The van der Waals surface area contributed by atoms with Crippen molar-refractivity contribution >= 4 is 17.3 Å². The van der Waals surface area contributed by atoms with Crippen LogP contribution in [0.15, 0.2) is 17.3 Å². The highest BCUT2D eigenvalue weighted by Gasteiger charge is 2.21. The first-order valence-corrected chi connectivity index (χ1v) is 4.36. The van der Waals surface area contributed by atoms with E-state index in [1.165, 1.54) is 13.2 Å². The number of phenols is 1. The second-order valence-corrected chi connectivity index (χ2v) is 3.22. The summed E-state index contributed by atoms with van der Waals surface area (Å²) in [5.74, 6) is 0.576. The van der Waals surface area contributed by atoms with Gasteiger partial charge in [0.15, 0.2) is 0 Å². The Labute approximate surface area is 85.7 Å². The SMILES string of the molecule is CO/N=C1\COc2cc(O)c(Cl)cc21. The van der Waals surface area contributed by atoms with E-state index in [1.807, 2.05) is 0 Å². The van der Waals surface area contributed by atoms with Crippen LogP contribution in [0.1, 0.15) is 5.56 Å². The van der Waals surface area contributed by atoms with Crippen LogP contribution in [0.3, 0.4) is 0 Å². The van der Waals surface area contributed by atoms with Crippen molar-refractivity contribution in [2.45, 2.75) is 0 Å². The topological polar surface area (TPSA) is 51.0 Å². The predicted molar refractivity (Wildman–Crippen MR) is 52.2 cm³/mol. The van der Waals surface area contributed by atoms with Gasteiger partial charge in [-0.05, 0) is 6.07 Å². The Balaban J connectivity index is 2.50. The van der Waals surface area contributed by atoms with Crippen molar-refractivity contribution in [3.8, 4) is 11.5 Å². The van der Waals surface area contributed by atoms with Gasteiger partial charge < -0.3 is 14.7 Å². The van der Waals surface area contributed by atoms with Gasteiger partial charge in [0.05, 0.1) is 5.02 Å². The average molecular weight is 214 g/mol. The van der Waals surface area contributed by atoms with Crippen molar-refractivity contribution in [2.24, 2.45) is 5.16 Å². The molecule has 5 heteroatoms. The largest absolute Gasteiger partial charge is 0.506 e. The lowest BCUT2D eigenvalue weighted by Crippen LogP contribution is -2.02. The first kappa shape index (κ1) is 9.15. The van der Waals surface area contributed by atoms with Gasteiger partial charge in [-0.1, -0.05) is 16.8 Å². The van der Waals surface area contributed by atoms with Crippen LogP contribution in [0.5, 0.6) is 11.5 Å². The van der Waals surface area contributed by atoms with Gasteiger partial charge in [-0.3, -0.25) is 0 Å². The monoisotopic (exact) mass is 213 g/mol. The molecule has 0 fully saturated rings. The van der Waals surface area contributed by atoms with E-state index >= 15 is 0 Å². The van der Waals surface area contributed by atoms with Crippen LogP contribution in [-0.2, 0) is 4.84 Å². The van der Waals surface area contributed by atoms with E-state index in [1.54, 1.807) is 6.07 Å². The third-order valence-corrected chi connectivity index (χ3v) is 2.23. The minimum absolute atomic E-state index is 0.00378.